The first kappa shape index (κ1) is 18.2. The molecule has 0 saturated carbocycles. The molecule has 4 nitrogen and oxygen atoms in total. The Morgan fingerprint density at radius 3 is 2.06 bits per heavy atom. The molecule has 0 fully saturated rings. The minimum Gasteiger partial charge on any atom is -0.740 e. The van der Waals surface area contributed by atoms with Gasteiger partial charge in [-0.25, -0.2) is 9.97 Å². The molecule has 0 aliphatic carbocycles. The monoisotopic (exact) mass is 293 g/mol. The molecule has 0 N–H and O–H groups in total. The Kier molecular flexibility index (Phi) is 10.2. The molecular weight excluding hydrogens is 275 g/mol. The minimum atomic E-state index is 0. The fraction of sp³-hybridized carbons (Fsp3) is 0.727. The van der Waals surface area contributed by atoms with Gasteiger partial charge in [0.25, 0.3) is 0 Å². The first-order valence-corrected chi connectivity index (χ1v) is 6.84. The van der Waals surface area contributed by atoms with Gasteiger partial charge in [0.15, 0.2) is 0 Å². The van der Waals surface area contributed by atoms with Gasteiger partial charge < -0.3 is 17.5 Å². The molecule has 0 spiro atoms. The summed E-state index contributed by atoms with van der Waals surface area (Å²) in [5.74, 6) is 0.636. The van der Waals surface area contributed by atoms with Crippen molar-refractivity contribution in [2.45, 2.75) is 49.8 Å². The van der Waals surface area contributed by atoms with Crippen molar-refractivity contribution in [3.8, 4) is 0 Å². The Labute approximate surface area is 142 Å². The average Bonchev–Trinajstić information content (AvgIpc) is 2.28. The summed E-state index contributed by atoms with van der Waals surface area (Å²) >= 11 is 9.95. The van der Waals surface area contributed by atoms with Crippen LogP contribution in [-0.4, -0.2) is 28.0 Å². The summed E-state index contributed by atoms with van der Waals surface area (Å²) in [7, 11) is 0. The number of anilines is 1. The van der Waals surface area contributed by atoms with Crippen LogP contribution in [0.25, 0.3) is 0 Å². The maximum absolute atomic E-state index is 4.98. The molecular formula is C11H18N4NaS2. The molecule has 0 aliphatic rings. The smallest absolute Gasteiger partial charge is 0.740 e. The number of rotatable bonds is 7. The number of aromatic nitrogens is 3. The molecule has 0 bridgehead atoms. The standard InChI is InChI=1S/C11H19N4S2.Na/c1-3-5-7-15(8-6-4-2)9-12-10(16)14-11(17)13-9;/h3-8H2,1-2H3,(H,12,13,14,16);/q;+1/p-1. The number of hydrogen-bond acceptors (Lipinski definition) is 5. The summed E-state index contributed by atoms with van der Waals surface area (Å²) in [5.41, 5.74) is 0. The van der Waals surface area contributed by atoms with Crippen molar-refractivity contribution in [2.24, 2.45) is 0 Å². The van der Waals surface area contributed by atoms with Gasteiger partial charge in [-0.1, -0.05) is 26.7 Å². The van der Waals surface area contributed by atoms with E-state index in [9.17, 15) is 0 Å². The van der Waals surface area contributed by atoms with E-state index >= 15 is 0 Å². The summed E-state index contributed by atoms with van der Waals surface area (Å²) in [6, 6.07) is 0. The van der Waals surface area contributed by atoms with Crippen molar-refractivity contribution in [3.63, 3.8) is 0 Å². The molecule has 1 heterocycles. The molecule has 0 aromatic carbocycles. The molecule has 1 rings (SSSR count). The fourth-order valence-corrected chi connectivity index (χ4v) is 1.87. The van der Waals surface area contributed by atoms with Gasteiger partial charge in [0.2, 0.25) is 11.1 Å². The van der Waals surface area contributed by atoms with E-state index in [1.54, 1.807) is 0 Å². The van der Waals surface area contributed by atoms with Gasteiger partial charge in [0.1, 0.15) is 0 Å². The molecule has 1 aromatic heterocycles. The Hall–Kier alpha value is 0.250. The second-order valence-electron chi connectivity index (χ2n) is 3.89. The van der Waals surface area contributed by atoms with Crippen LogP contribution >= 0.6 is 12.6 Å². The van der Waals surface area contributed by atoms with Gasteiger partial charge in [-0.2, -0.15) is 4.98 Å². The van der Waals surface area contributed by atoms with Gasteiger partial charge in [-0.3, -0.25) is 0 Å². The van der Waals surface area contributed by atoms with Crippen molar-refractivity contribution >= 4 is 31.2 Å². The van der Waals surface area contributed by atoms with E-state index in [4.69, 9.17) is 25.3 Å². The maximum Gasteiger partial charge on any atom is 1.00 e. The third kappa shape index (κ3) is 6.43. The summed E-state index contributed by atoms with van der Waals surface area (Å²) in [6.07, 6.45) is 4.54. The van der Waals surface area contributed by atoms with Crippen LogP contribution in [0.2, 0.25) is 0 Å². The molecule has 95 valence electrons. The zero-order valence-electron chi connectivity index (χ0n) is 11.3. The van der Waals surface area contributed by atoms with Crippen molar-refractivity contribution < 1.29 is 29.6 Å². The molecule has 0 amide bonds. The van der Waals surface area contributed by atoms with Crippen LogP contribution in [0.15, 0.2) is 10.3 Å². The van der Waals surface area contributed by atoms with E-state index in [1.165, 1.54) is 0 Å². The normalized spacial score (nSPS) is 9.89. The van der Waals surface area contributed by atoms with Gasteiger partial charge >= 0.3 is 29.6 Å². The maximum atomic E-state index is 4.98. The van der Waals surface area contributed by atoms with Crippen molar-refractivity contribution in [1.82, 2.24) is 15.0 Å². The van der Waals surface area contributed by atoms with E-state index in [-0.39, 0.29) is 39.9 Å². The Morgan fingerprint density at radius 1 is 1.06 bits per heavy atom. The van der Waals surface area contributed by atoms with Crippen molar-refractivity contribution in [3.05, 3.63) is 0 Å². The molecule has 0 saturated heterocycles. The van der Waals surface area contributed by atoms with Crippen molar-refractivity contribution in [1.29, 1.82) is 0 Å². The molecule has 0 unspecified atom stereocenters. The predicted molar refractivity (Wildman–Crippen MR) is 73.3 cm³/mol. The van der Waals surface area contributed by atoms with Crippen LogP contribution in [0, 0.1) is 0 Å². The molecule has 1 aromatic rings. The van der Waals surface area contributed by atoms with Gasteiger partial charge in [-0.15, -0.1) is 0 Å². The van der Waals surface area contributed by atoms with Crippen LogP contribution in [0.5, 0.6) is 0 Å². The number of hydrogen-bond donors (Lipinski definition) is 0. The van der Waals surface area contributed by atoms with E-state index in [0.717, 1.165) is 38.8 Å². The predicted octanol–water partition coefficient (Wildman–Crippen LogP) is -0.256. The van der Waals surface area contributed by atoms with E-state index in [0.29, 0.717) is 5.95 Å². The second kappa shape index (κ2) is 10.1. The molecule has 0 atom stereocenters. The third-order valence-corrected chi connectivity index (χ3v) is 2.79. The van der Waals surface area contributed by atoms with Crippen LogP contribution in [0.4, 0.5) is 5.95 Å². The van der Waals surface area contributed by atoms with Crippen LogP contribution in [0.1, 0.15) is 39.5 Å². The zero-order chi connectivity index (χ0) is 12.7. The molecule has 7 heteroatoms. The van der Waals surface area contributed by atoms with E-state index in [1.807, 2.05) is 0 Å². The Balaban J connectivity index is 0.00000289. The summed E-state index contributed by atoms with van der Waals surface area (Å²) in [4.78, 5) is 14.4. The van der Waals surface area contributed by atoms with Gasteiger partial charge in [0, 0.05) is 18.2 Å². The van der Waals surface area contributed by atoms with Crippen LogP contribution in [0.3, 0.4) is 0 Å². The fourth-order valence-electron chi connectivity index (χ4n) is 1.48. The average molecular weight is 293 g/mol. The SMILES string of the molecule is CCCCN(CCCC)c1nc([S])nc([S-])n1.[Na+]. The van der Waals surface area contributed by atoms with Gasteiger partial charge in [0.05, 0.1) is 0 Å². The molecule has 1 radical (unpaired) electrons. The zero-order valence-corrected chi connectivity index (χ0v) is 15.0. The Bertz CT molecular complexity index is 324. The quantitative estimate of drug-likeness (QED) is 0.512. The summed E-state index contributed by atoms with van der Waals surface area (Å²) < 4.78 is 0. The first-order chi connectivity index (χ1) is 8.17. The van der Waals surface area contributed by atoms with Crippen LogP contribution in [-0.2, 0) is 12.6 Å². The summed E-state index contributed by atoms with van der Waals surface area (Å²) in [5, 5.41) is 0.580. The van der Waals surface area contributed by atoms with Crippen molar-refractivity contribution in [2.75, 3.05) is 18.0 Å². The largest absolute Gasteiger partial charge is 1.00 e. The first-order valence-electron chi connectivity index (χ1n) is 6.02. The third-order valence-electron chi connectivity index (χ3n) is 2.43. The number of unbranched alkanes of at least 4 members (excludes halogenated alkanes) is 2. The number of nitrogens with zero attached hydrogens (tertiary/aromatic N) is 4. The van der Waals surface area contributed by atoms with Crippen LogP contribution < -0.4 is 34.5 Å². The van der Waals surface area contributed by atoms with E-state index in [2.05, 4.69) is 33.7 Å². The molecule has 18 heavy (non-hydrogen) atoms. The van der Waals surface area contributed by atoms with Gasteiger partial charge in [-0.05, 0) is 25.5 Å². The second-order valence-corrected chi connectivity index (χ2v) is 4.63. The summed E-state index contributed by atoms with van der Waals surface area (Å²) in [6.45, 7) is 6.24. The van der Waals surface area contributed by atoms with E-state index < -0.39 is 0 Å². The topological polar surface area (TPSA) is 41.9 Å². The Morgan fingerprint density at radius 2 is 1.61 bits per heavy atom. The minimum absolute atomic E-state index is 0. The molecule has 0 aliphatic heterocycles.